The van der Waals surface area contributed by atoms with Gasteiger partial charge in [0.2, 0.25) is 0 Å². The Morgan fingerprint density at radius 1 is 1.50 bits per heavy atom. The molecule has 0 unspecified atom stereocenters. The van der Waals surface area contributed by atoms with Crippen LogP contribution in [0.15, 0.2) is 0 Å². The third-order valence-corrected chi connectivity index (χ3v) is 0. The Kier molecular flexibility index (Phi) is 6.68. The largest absolute Gasteiger partial charge is 2.00 e. The molecule has 0 bridgehead atoms. The molecule has 0 aliphatic carbocycles. The minimum atomic E-state index is -6.12. The SMILES string of the molecule is O=[As]([O-])([O-])F.[Ba+2]. The van der Waals surface area contributed by atoms with Gasteiger partial charge in [-0.25, -0.2) is 0 Å². The first-order valence-corrected chi connectivity index (χ1v) is 3.72. The average Bonchev–Trinajstić information content (AvgIpc) is 0.722. The van der Waals surface area contributed by atoms with Crippen LogP contribution in [-0.4, -0.2) is 63.5 Å². The Bertz CT molecular complexity index is 56.9. The Morgan fingerprint density at radius 2 is 1.50 bits per heavy atom. The number of hydrogen-bond donors (Lipinski definition) is 0. The fourth-order valence-electron chi connectivity index (χ4n) is 0. The van der Waals surface area contributed by atoms with Gasteiger partial charge in [0.15, 0.2) is 0 Å². The van der Waals surface area contributed by atoms with Crippen molar-refractivity contribution in [2.45, 2.75) is 0 Å². The topological polar surface area (TPSA) is 63.2 Å². The molecule has 0 atom stereocenters. The summed E-state index contributed by atoms with van der Waals surface area (Å²) in [5, 5.41) is 0. The predicted molar refractivity (Wildman–Crippen MR) is 13.3 cm³/mol. The molecule has 0 radical (unpaired) electrons. The quantitative estimate of drug-likeness (QED) is 0.449. The van der Waals surface area contributed by atoms with Gasteiger partial charge in [0.25, 0.3) is 0 Å². The Balaban J connectivity index is 0. The smallest absolute Gasteiger partial charge is 2.00 e. The number of halogens is 1. The molecule has 0 amide bonds. The molecular formula is AsBaFO3. The van der Waals surface area contributed by atoms with Crippen LogP contribution in [-0.2, 0) is 3.74 Å². The van der Waals surface area contributed by atoms with E-state index in [1.54, 1.807) is 0 Å². The fraction of sp³-hybridized carbons (Fsp3) is 0. The second-order valence-electron chi connectivity index (χ2n) is 0.431. The van der Waals surface area contributed by atoms with Gasteiger partial charge in [-0.1, -0.05) is 0 Å². The maximum Gasteiger partial charge on any atom is 2.00 e. The molecule has 3 nitrogen and oxygen atoms in total. The predicted octanol–water partition coefficient (Wildman–Crippen LogP) is -2.84. The van der Waals surface area contributed by atoms with Crippen molar-refractivity contribution in [3.05, 3.63) is 0 Å². The first kappa shape index (κ1) is 10.7. The summed E-state index contributed by atoms with van der Waals surface area (Å²) in [6, 6.07) is 0. The number of hydrogen-bond acceptors (Lipinski definition) is 3. The molecule has 0 rings (SSSR count). The maximum atomic E-state index is 10.2. The number of rotatable bonds is 0. The summed E-state index contributed by atoms with van der Waals surface area (Å²) >= 11 is -6.12. The molecule has 0 saturated heterocycles. The molecule has 0 aromatic heterocycles. The van der Waals surface area contributed by atoms with E-state index in [4.69, 9.17) is 11.9 Å². The summed E-state index contributed by atoms with van der Waals surface area (Å²) < 4.78 is 35.7. The molecule has 0 aromatic carbocycles. The Morgan fingerprint density at radius 3 is 1.50 bits per heavy atom. The van der Waals surface area contributed by atoms with E-state index in [9.17, 15) is 3.47 Å². The third-order valence-electron chi connectivity index (χ3n) is 0. The molecular weight excluding hydrogens is 279 g/mol. The van der Waals surface area contributed by atoms with Crippen molar-refractivity contribution >= 4 is 63.5 Å². The summed E-state index contributed by atoms with van der Waals surface area (Å²) in [6.07, 6.45) is 0. The molecule has 0 saturated carbocycles. The van der Waals surface area contributed by atoms with Crippen molar-refractivity contribution in [2.24, 2.45) is 0 Å². The third kappa shape index (κ3) is 41.7. The van der Waals surface area contributed by atoms with Gasteiger partial charge in [0.05, 0.1) is 0 Å². The molecule has 0 aliphatic rings. The molecule has 0 heterocycles. The van der Waals surface area contributed by atoms with E-state index in [2.05, 4.69) is 0 Å². The minimum Gasteiger partial charge on any atom is 2.00 e. The molecule has 0 spiro atoms. The van der Waals surface area contributed by atoms with Crippen LogP contribution in [0.2, 0.25) is 0 Å². The molecule has 32 valence electrons. The van der Waals surface area contributed by atoms with Crippen molar-refractivity contribution in [3.8, 4) is 0 Å². The summed E-state index contributed by atoms with van der Waals surface area (Å²) in [4.78, 5) is 0. The Labute approximate surface area is 77.5 Å². The normalized spacial score (nSPS) is 9.83. The fourth-order valence-corrected chi connectivity index (χ4v) is 0. The van der Waals surface area contributed by atoms with Crippen LogP contribution in [0.4, 0.5) is 3.47 Å². The van der Waals surface area contributed by atoms with Gasteiger partial charge in [0, 0.05) is 0 Å². The zero-order valence-corrected chi connectivity index (χ0v) is 9.07. The van der Waals surface area contributed by atoms with E-state index in [1.165, 1.54) is 0 Å². The van der Waals surface area contributed by atoms with E-state index in [0.717, 1.165) is 0 Å². The van der Waals surface area contributed by atoms with Gasteiger partial charge in [-0.15, -0.1) is 0 Å². The van der Waals surface area contributed by atoms with Crippen molar-refractivity contribution in [1.82, 2.24) is 0 Å². The van der Waals surface area contributed by atoms with Crippen LogP contribution in [0, 0.1) is 0 Å². The summed E-state index contributed by atoms with van der Waals surface area (Å²) in [5.41, 5.74) is 0. The van der Waals surface area contributed by atoms with Gasteiger partial charge in [-0.2, -0.15) is 0 Å². The summed E-state index contributed by atoms with van der Waals surface area (Å²) in [5.74, 6) is 0. The molecule has 0 fully saturated rings. The van der Waals surface area contributed by atoms with Gasteiger partial charge in [0.1, 0.15) is 0 Å². The average molecular weight is 279 g/mol. The van der Waals surface area contributed by atoms with Crippen molar-refractivity contribution in [2.75, 3.05) is 0 Å². The van der Waals surface area contributed by atoms with E-state index < -0.39 is 14.6 Å². The summed E-state index contributed by atoms with van der Waals surface area (Å²) in [7, 11) is 0. The standard InChI is InChI=1S/AsFH2O3.Ba/c2-1(3,4)5;/h(H2,3,4,5);/q;+2/p-2. The van der Waals surface area contributed by atoms with Crippen LogP contribution in [0.3, 0.4) is 0 Å². The van der Waals surface area contributed by atoms with Crippen molar-refractivity contribution in [1.29, 1.82) is 0 Å². The minimum absolute atomic E-state index is 0. The van der Waals surface area contributed by atoms with Gasteiger partial charge in [-0.05, 0) is 0 Å². The van der Waals surface area contributed by atoms with Gasteiger partial charge in [-0.3, -0.25) is 0 Å². The van der Waals surface area contributed by atoms with Crippen molar-refractivity contribution in [3.63, 3.8) is 0 Å². The van der Waals surface area contributed by atoms with E-state index >= 15 is 0 Å². The molecule has 0 N–H and O–H groups in total. The van der Waals surface area contributed by atoms with Crippen LogP contribution in [0.25, 0.3) is 0 Å². The van der Waals surface area contributed by atoms with E-state index in [-0.39, 0.29) is 48.9 Å². The second kappa shape index (κ2) is 3.74. The zero-order chi connectivity index (χ0) is 4.50. The van der Waals surface area contributed by atoms with Crippen LogP contribution < -0.4 is 8.19 Å². The van der Waals surface area contributed by atoms with E-state index in [1.807, 2.05) is 0 Å². The van der Waals surface area contributed by atoms with Gasteiger partial charge < -0.3 is 0 Å². The van der Waals surface area contributed by atoms with Crippen LogP contribution in [0.5, 0.6) is 0 Å². The van der Waals surface area contributed by atoms with Gasteiger partial charge >= 0.3 is 78.9 Å². The van der Waals surface area contributed by atoms with Crippen LogP contribution in [0.1, 0.15) is 0 Å². The molecule has 0 aliphatic heterocycles. The Hall–Kier alpha value is 1.78. The second-order valence-corrected chi connectivity index (χ2v) is 2.24. The summed E-state index contributed by atoms with van der Waals surface area (Å²) in [6.45, 7) is 0. The van der Waals surface area contributed by atoms with E-state index in [0.29, 0.717) is 0 Å². The maximum absolute atomic E-state index is 10.2. The molecule has 6 heavy (non-hydrogen) atoms. The van der Waals surface area contributed by atoms with Crippen molar-refractivity contribution < 1.29 is 15.4 Å². The van der Waals surface area contributed by atoms with Crippen LogP contribution >= 0.6 is 0 Å². The first-order chi connectivity index (χ1) is 2.00. The monoisotopic (exact) mass is 280 g/mol. The first-order valence-electron chi connectivity index (χ1n) is 0.717. The molecule has 0 aromatic rings. The zero-order valence-electron chi connectivity index (χ0n) is 2.76. The molecule has 6 heteroatoms.